The number of ether oxygens (including phenoxy) is 2. The number of benzene rings is 2. The van der Waals surface area contributed by atoms with Gasteiger partial charge in [-0.25, -0.2) is 4.99 Å². The summed E-state index contributed by atoms with van der Waals surface area (Å²) >= 11 is 8.31. The Hall–Kier alpha value is -1.77. The highest BCUT2D eigenvalue weighted by atomic mass is 79.9. The minimum Gasteiger partial charge on any atom is -0.497 e. The first-order chi connectivity index (χ1) is 13.0. The maximum Gasteiger partial charge on any atom is 0.264 e. The minimum absolute atomic E-state index is 0.173. The van der Waals surface area contributed by atoms with Gasteiger partial charge >= 0.3 is 0 Å². The number of halogens is 2. The van der Waals surface area contributed by atoms with Crippen molar-refractivity contribution < 1.29 is 14.3 Å². The fourth-order valence-electron chi connectivity index (χ4n) is 2.35. The van der Waals surface area contributed by atoms with E-state index in [1.807, 2.05) is 49.4 Å². The van der Waals surface area contributed by atoms with Crippen molar-refractivity contribution in [2.45, 2.75) is 6.92 Å². The molecule has 0 unspecified atom stereocenters. The Kier molecular flexibility index (Phi) is 6.62. The first-order valence-electron chi connectivity index (χ1n) is 8.05. The maximum atomic E-state index is 12.3. The quantitative estimate of drug-likeness (QED) is 0.537. The molecule has 0 saturated carbocycles. The molecule has 5 nitrogen and oxygen atoms in total. The lowest BCUT2D eigenvalue weighted by molar-refractivity contribution is -0.115. The second kappa shape index (κ2) is 8.95. The van der Waals surface area contributed by atoms with Crippen LogP contribution in [0.5, 0.6) is 11.5 Å². The third kappa shape index (κ3) is 4.94. The van der Waals surface area contributed by atoms with Gasteiger partial charge in [-0.1, -0.05) is 0 Å². The van der Waals surface area contributed by atoms with Gasteiger partial charge < -0.3 is 14.8 Å². The third-order valence-corrected chi connectivity index (χ3v) is 5.65. The van der Waals surface area contributed by atoms with Crippen LogP contribution in [-0.4, -0.2) is 24.8 Å². The molecular weight excluding hydrogens is 496 g/mol. The number of hydrogen-bond donors (Lipinski definition) is 1. The molecule has 1 saturated heterocycles. The molecule has 0 bridgehead atoms. The molecule has 1 N–H and O–H groups in total. The van der Waals surface area contributed by atoms with E-state index >= 15 is 0 Å². The van der Waals surface area contributed by atoms with Crippen LogP contribution in [0.25, 0.3) is 6.08 Å². The molecule has 27 heavy (non-hydrogen) atoms. The van der Waals surface area contributed by atoms with Crippen molar-refractivity contribution in [1.82, 2.24) is 5.32 Å². The fourth-order valence-corrected chi connectivity index (χ4v) is 4.64. The van der Waals surface area contributed by atoms with Gasteiger partial charge in [0.2, 0.25) is 0 Å². The molecule has 1 fully saturated rings. The van der Waals surface area contributed by atoms with Crippen molar-refractivity contribution in [2.75, 3.05) is 13.7 Å². The number of methoxy groups -OCH3 is 1. The highest BCUT2D eigenvalue weighted by molar-refractivity contribution is 9.11. The normalized spacial score (nSPS) is 16.7. The Morgan fingerprint density at radius 2 is 1.85 bits per heavy atom. The van der Waals surface area contributed by atoms with Crippen LogP contribution in [0.3, 0.4) is 0 Å². The monoisotopic (exact) mass is 510 g/mol. The van der Waals surface area contributed by atoms with E-state index in [4.69, 9.17) is 9.47 Å². The number of thioether (sulfide) groups is 1. The lowest BCUT2D eigenvalue weighted by atomic mass is 10.2. The zero-order chi connectivity index (χ0) is 19.4. The van der Waals surface area contributed by atoms with Gasteiger partial charge in [0.25, 0.3) is 5.91 Å². The zero-order valence-electron chi connectivity index (χ0n) is 14.6. The minimum atomic E-state index is -0.173. The van der Waals surface area contributed by atoms with Gasteiger partial charge in [-0.05, 0) is 98.6 Å². The molecule has 140 valence electrons. The average Bonchev–Trinajstić information content (AvgIpc) is 2.98. The molecular formula is C19H16Br2N2O3S. The van der Waals surface area contributed by atoms with Crippen LogP contribution < -0.4 is 14.8 Å². The van der Waals surface area contributed by atoms with E-state index in [1.54, 1.807) is 7.11 Å². The zero-order valence-corrected chi connectivity index (χ0v) is 18.6. The Balaban J connectivity index is 1.81. The van der Waals surface area contributed by atoms with E-state index in [2.05, 4.69) is 42.2 Å². The highest BCUT2D eigenvalue weighted by Gasteiger charge is 2.24. The number of amidine groups is 1. The molecule has 1 amide bonds. The van der Waals surface area contributed by atoms with Gasteiger partial charge in [-0.2, -0.15) is 0 Å². The predicted octanol–water partition coefficient (Wildman–Crippen LogP) is 5.51. The largest absolute Gasteiger partial charge is 0.497 e. The van der Waals surface area contributed by atoms with Gasteiger partial charge in [0, 0.05) is 0 Å². The second-order valence-electron chi connectivity index (χ2n) is 5.43. The molecule has 8 heteroatoms. The summed E-state index contributed by atoms with van der Waals surface area (Å²) in [5.41, 5.74) is 1.62. The van der Waals surface area contributed by atoms with Crippen LogP contribution in [0, 0.1) is 0 Å². The molecule has 0 spiro atoms. The first kappa shape index (κ1) is 20.0. The summed E-state index contributed by atoms with van der Waals surface area (Å²) in [6.07, 6.45) is 1.82. The number of nitrogens with zero attached hydrogens (tertiary/aromatic N) is 1. The molecule has 0 atom stereocenters. The Bertz CT molecular complexity index is 904. The summed E-state index contributed by atoms with van der Waals surface area (Å²) < 4.78 is 12.4. The topological polar surface area (TPSA) is 59.9 Å². The molecule has 2 aromatic rings. The second-order valence-corrected chi connectivity index (χ2v) is 8.17. The molecule has 0 radical (unpaired) electrons. The van der Waals surface area contributed by atoms with Crippen LogP contribution in [-0.2, 0) is 4.79 Å². The number of hydrogen-bond acceptors (Lipinski definition) is 5. The van der Waals surface area contributed by atoms with Crippen LogP contribution in [0.4, 0.5) is 5.69 Å². The van der Waals surface area contributed by atoms with Crippen LogP contribution in [0.15, 0.2) is 55.2 Å². The van der Waals surface area contributed by atoms with E-state index in [9.17, 15) is 4.79 Å². The average molecular weight is 512 g/mol. The standard InChI is InChI=1S/C19H16Br2N2O3S/c1-3-26-17-14(20)8-11(9-15(17)21)10-16-18(24)23-19(27-16)22-12-4-6-13(25-2)7-5-12/h4-10H,3H2,1-2H3,(H,22,23,24)/b16-10-. The number of nitrogens with one attached hydrogen (secondary N) is 1. The number of aliphatic imine (C=N–C) groups is 1. The molecule has 1 aliphatic rings. The molecule has 1 aliphatic heterocycles. The van der Waals surface area contributed by atoms with E-state index in [0.29, 0.717) is 16.7 Å². The summed E-state index contributed by atoms with van der Waals surface area (Å²) in [6.45, 7) is 2.50. The number of rotatable bonds is 5. The summed E-state index contributed by atoms with van der Waals surface area (Å²) in [4.78, 5) is 17.3. The maximum absolute atomic E-state index is 12.3. The lowest BCUT2D eigenvalue weighted by Crippen LogP contribution is -2.19. The van der Waals surface area contributed by atoms with Gasteiger partial charge in [-0.15, -0.1) is 0 Å². The van der Waals surface area contributed by atoms with Gasteiger partial charge in [0.15, 0.2) is 5.17 Å². The van der Waals surface area contributed by atoms with E-state index < -0.39 is 0 Å². The van der Waals surface area contributed by atoms with E-state index in [1.165, 1.54) is 11.8 Å². The Morgan fingerprint density at radius 3 is 2.44 bits per heavy atom. The van der Waals surface area contributed by atoms with Gasteiger partial charge in [-0.3, -0.25) is 4.79 Å². The van der Waals surface area contributed by atoms with Gasteiger partial charge in [0.1, 0.15) is 11.5 Å². The van der Waals surface area contributed by atoms with Crippen molar-refractivity contribution in [3.8, 4) is 11.5 Å². The van der Waals surface area contributed by atoms with Crippen molar-refractivity contribution in [2.24, 2.45) is 4.99 Å². The highest BCUT2D eigenvalue weighted by Crippen LogP contribution is 2.36. The molecule has 2 aromatic carbocycles. The van der Waals surface area contributed by atoms with Crippen molar-refractivity contribution in [1.29, 1.82) is 0 Å². The van der Waals surface area contributed by atoms with E-state index in [-0.39, 0.29) is 5.91 Å². The molecule has 1 heterocycles. The van der Waals surface area contributed by atoms with Crippen LogP contribution in [0.2, 0.25) is 0 Å². The van der Waals surface area contributed by atoms with Crippen molar-refractivity contribution in [3.05, 3.63) is 55.8 Å². The van der Waals surface area contributed by atoms with Gasteiger partial charge in [0.05, 0.1) is 33.3 Å². The van der Waals surface area contributed by atoms with Crippen molar-refractivity contribution >= 4 is 66.5 Å². The van der Waals surface area contributed by atoms with Crippen LogP contribution in [0.1, 0.15) is 12.5 Å². The molecule has 0 aromatic heterocycles. The third-order valence-electron chi connectivity index (χ3n) is 3.56. The summed E-state index contributed by atoms with van der Waals surface area (Å²) in [5, 5.41) is 3.33. The summed E-state index contributed by atoms with van der Waals surface area (Å²) in [6, 6.07) is 11.1. The molecule has 0 aliphatic carbocycles. The summed E-state index contributed by atoms with van der Waals surface area (Å²) in [7, 11) is 1.61. The Morgan fingerprint density at radius 1 is 1.19 bits per heavy atom. The fraction of sp³-hybridized carbons (Fsp3) is 0.158. The number of carbonyl (C=O) groups is 1. The smallest absolute Gasteiger partial charge is 0.264 e. The Labute approximate surface area is 178 Å². The summed E-state index contributed by atoms with van der Waals surface area (Å²) in [5.74, 6) is 1.33. The predicted molar refractivity (Wildman–Crippen MR) is 117 cm³/mol. The number of carbonyl (C=O) groups excluding carboxylic acids is 1. The van der Waals surface area contributed by atoms with Crippen LogP contribution >= 0.6 is 43.6 Å². The lowest BCUT2D eigenvalue weighted by Gasteiger charge is -2.09. The van der Waals surface area contributed by atoms with Crippen molar-refractivity contribution in [3.63, 3.8) is 0 Å². The van der Waals surface area contributed by atoms with E-state index in [0.717, 1.165) is 31.7 Å². The SMILES string of the molecule is CCOc1c(Br)cc(/C=C2\SC(=Nc3ccc(OC)cc3)NC2=O)cc1Br. The molecule has 3 rings (SSSR count). The first-order valence-corrected chi connectivity index (χ1v) is 10.5. The number of amides is 1.